The molecule has 20 heavy (non-hydrogen) atoms. The van der Waals surface area contributed by atoms with Gasteiger partial charge < -0.3 is 5.32 Å². The second-order valence-electron chi connectivity index (χ2n) is 6.01. The average Bonchev–Trinajstić information content (AvgIpc) is 3.10. The maximum Gasteiger partial charge on any atom is 0.140 e. The van der Waals surface area contributed by atoms with E-state index in [2.05, 4.69) is 5.32 Å². The molecule has 0 amide bonds. The van der Waals surface area contributed by atoms with E-state index < -0.39 is 11.6 Å². The predicted molar refractivity (Wildman–Crippen MR) is 78.9 cm³/mol. The third-order valence-corrected chi connectivity index (χ3v) is 5.49. The highest BCUT2D eigenvalue weighted by Gasteiger charge is 2.21. The van der Waals surface area contributed by atoms with Crippen molar-refractivity contribution in [1.29, 1.82) is 0 Å². The standard InChI is InChI=1S/C16H21F2NS/c17-14-7-12(9-19-13-5-6-13)8-15(18)16(14)20-10-11-3-1-2-4-11/h7-8,11,13,19H,1-6,9-10H2. The molecular formula is C16H21F2NS. The van der Waals surface area contributed by atoms with Gasteiger partial charge >= 0.3 is 0 Å². The largest absolute Gasteiger partial charge is 0.310 e. The molecule has 3 rings (SSSR count). The van der Waals surface area contributed by atoms with Gasteiger partial charge in [0.05, 0.1) is 4.90 Å². The molecule has 0 saturated heterocycles. The van der Waals surface area contributed by atoms with Crippen molar-refractivity contribution >= 4 is 11.8 Å². The van der Waals surface area contributed by atoms with E-state index in [9.17, 15) is 8.78 Å². The first-order chi connectivity index (χ1) is 9.72. The Kier molecular flexibility index (Phi) is 4.61. The van der Waals surface area contributed by atoms with Crippen molar-refractivity contribution < 1.29 is 8.78 Å². The molecule has 2 saturated carbocycles. The van der Waals surface area contributed by atoms with E-state index in [1.54, 1.807) is 0 Å². The van der Waals surface area contributed by atoms with Crippen LogP contribution in [0.25, 0.3) is 0 Å². The predicted octanol–water partition coefficient (Wildman–Crippen LogP) is 4.50. The first-order valence-electron chi connectivity index (χ1n) is 7.56. The summed E-state index contributed by atoms with van der Waals surface area (Å²) in [6, 6.07) is 3.52. The summed E-state index contributed by atoms with van der Waals surface area (Å²) in [5.74, 6) is 0.671. The van der Waals surface area contributed by atoms with E-state index in [0.29, 0.717) is 24.1 Å². The molecule has 1 aromatic rings. The van der Waals surface area contributed by atoms with Crippen molar-refractivity contribution in [2.75, 3.05) is 5.75 Å². The molecule has 1 nitrogen and oxygen atoms in total. The van der Waals surface area contributed by atoms with Crippen LogP contribution >= 0.6 is 11.8 Å². The second kappa shape index (κ2) is 6.44. The number of nitrogens with one attached hydrogen (secondary N) is 1. The summed E-state index contributed by atoms with van der Waals surface area (Å²) in [7, 11) is 0. The van der Waals surface area contributed by atoms with Gasteiger partial charge in [-0.2, -0.15) is 0 Å². The quantitative estimate of drug-likeness (QED) is 0.776. The number of hydrogen-bond donors (Lipinski definition) is 1. The molecule has 0 heterocycles. The summed E-state index contributed by atoms with van der Waals surface area (Å²) in [5.41, 5.74) is 0.706. The molecule has 0 radical (unpaired) electrons. The van der Waals surface area contributed by atoms with Crippen LogP contribution in [0.15, 0.2) is 17.0 Å². The van der Waals surface area contributed by atoms with Crippen molar-refractivity contribution in [2.24, 2.45) is 5.92 Å². The fraction of sp³-hybridized carbons (Fsp3) is 0.625. The van der Waals surface area contributed by atoms with E-state index in [-0.39, 0.29) is 4.90 Å². The van der Waals surface area contributed by atoms with Gasteiger partial charge in [-0.25, -0.2) is 8.78 Å². The van der Waals surface area contributed by atoms with E-state index in [0.717, 1.165) is 5.75 Å². The highest BCUT2D eigenvalue weighted by Crippen LogP contribution is 2.33. The van der Waals surface area contributed by atoms with Gasteiger partial charge in [0.1, 0.15) is 11.6 Å². The molecule has 2 fully saturated rings. The molecule has 0 unspecified atom stereocenters. The van der Waals surface area contributed by atoms with Crippen LogP contribution in [-0.2, 0) is 6.54 Å². The summed E-state index contributed by atoms with van der Waals surface area (Å²) < 4.78 is 28.1. The molecule has 4 heteroatoms. The lowest BCUT2D eigenvalue weighted by Crippen LogP contribution is -2.15. The zero-order valence-electron chi connectivity index (χ0n) is 11.6. The summed E-state index contributed by atoms with van der Waals surface area (Å²) >= 11 is 1.35. The number of thioether (sulfide) groups is 1. The van der Waals surface area contributed by atoms with Crippen molar-refractivity contribution in [3.8, 4) is 0 Å². The van der Waals surface area contributed by atoms with E-state index >= 15 is 0 Å². The van der Waals surface area contributed by atoms with Crippen LogP contribution < -0.4 is 5.32 Å². The van der Waals surface area contributed by atoms with Gasteiger partial charge in [-0.05, 0) is 49.3 Å². The Hall–Kier alpha value is -0.610. The Bertz CT molecular complexity index is 445. The molecule has 0 bridgehead atoms. The molecule has 0 aromatic heterocycles. The molecule has 0 spiro atoms. The van der Waals surface area contributed by atoms with Crippen LogP contribution in [-0.4, -0.2) is 11.8 Å². The van der Waals surface area contributed by atoms with Crippen LogP contribution in [0.4, 0.5) is 8.78 Å². The number of rotatable bonds is 6. The first-order valence-corrected chi connectivity index (χ1v) is 8.55. The Morgan fingerprint density at radius 1 is 1.05 bits per heavy atom. The van der Waals surface area contributed by atoms with Gasteiger partial charge in [-0.15, -0.1) is 11.8 Å². The zero-order chi connectivity index (χ0) is 13.9. The summed E-state index contributed by atoms with van der Waals surface area (Å²) in [4.78, 5) is 0.201. The Balaban J connectivity index is 1.60. The van der Waals surface area contributed by atoms with Crippen LogP contribution in [0.3, 0.4) is 0 Å². The number of halogens is 2. The highest BCUT2D eigenvalue weighted by molar-refractivity contribution is 7.99. The lowest BCUT2D eigenvalue weighted by Gasteiger charge is -2.11. The van der Waals surface area contributed by atoms with Crippen molar-refractivity contribution in [3.63, 3.8) is 0 Å². The lowest BCUT2D eigenvalue weighted by molar-refractivity contribution is 0.533. The molecule has 0 aliphatic heterocycles. The molecule has 0 atom stereocenters. The topological polar surface area (TPSA) is 12.0 Å². The SMILES string of the molecule is Fc1cc(CNC2CC2)cc(F)c1SCC1CCCC1. The Morgan fingerprint density at radius 3 is 2.30 bits per heavy atom. The van der Waals surface area contributed by atoms with Gasteiger partial charge in [-0.1, -0.05) is 12.8 Å². The third kappa shape index (κ3) is 3.73. The first kappa shape index (κ1) is 14.3. The molecule has 1 N–H and O–H groups in total. The van der Waals surface area contributed by atoms with Crippen LogP contribution in [0, 0.1) is 17.6 Å². The minimum absolute atomic E-state index is 0.201. The Morgan fingerprint density at radius 2 is 1.70 bits per heavy atom. The van der Waals surface area contributed by atoms with Crippen LogP contribution in [0.2, 0.25) is 0 Å². The monoisotopic (exact) mass is 297 g/mol. The smallest absolute Gasteiger partial charge is 0.140 e. The minimum Gasteiger partial charge on any atom is -0.310 e. The van der Waals surface area contributed by atoms with Crippen LogP contribution in [0.5, 0.6) is 0 Å². The van der Waals surface area contributed by atoms with E-state index in [1.165, 1.54) is 62.4 Å². The van der Waals surface area contributed by atoms with Crippen LogP contribution in [0.1, 0.15) is 44.1 Å². The Labute approximate surface area is 123 Å². The van der Waals surface area contributed by atoms with Crippen molar-refractivity contribution in [3.05, 3.63) is 29.3 Å². The maximum absolute atomic E-state index is 14.0. The molecule has 2 aliphatic carbocycles. The van der Waals surface area contributed by atoms with Crippen molar-refractivity contribution in [1.82, 2.24) is 5.32 Å². The highest BCUT2D eigenvalue weighted by atomic mass is 32.2. The van der Waals surface area contributed by atoms with Crippen molar-refractivity contribution in [2.45, 2.75) is 56.0 Å². The number of benzene rings is 1. The molecule has 1 aromatic carbocycles. The van der Waals surface area contributed by atoms with Gasteiger partial charge in [0.25, 0.3) is 0 Å². The van der Waals surface area contributed by atoms with E-state index in [1.807, 2.05) is 0 Å². The maximum atomic E-state index is 14.0. The zero-order valence-corrected chi connectivity index (χ0v) is 12.4. The summed E-state index contributed by atoms with van der Waals surface area (Å²) in [6.07, 6.45) is 7.31. The summed E-state index contributed by atoms with van der Waals surface area (Å²) in [5, 5.41) is 3.28. The van der Waals surface area contributed by atoms with Gasteiger partial charge in [-0.3, -0.25) is 0 Å². The fourth-order valence-electron chi connectivity index (χ4n) is 2.78. The molecule has 2 aliphatic rings. The fourth-order valence-corrected chi connectivity index (χ4v) is 3.91. The third-order valence-electron chi connectivity index (χ3n) is 4.17. The average molecular weight is 297 g/mol. The summed E-state index contributed by atoms with van der Waals surface area (Å²) in [6.45, 7) is 0.562. The normalized spacial score (nSPS) is 19.7. The van der Waals surface area contributed by atoms with E-state index in [4.69, 9.17) is 0 Å². The lowest BCUT2D eigenvalue weighted by atomic mass is 10.1. The van der Waals surface area contributed by atoms with Gasteiger partial charge in [0, 0.05) is 18.3 Å². The van der Waals surface area contributed by atoms with Gasteiger partial charge in [0.2, 0.25) is 0 Å². The number of hydrogen-bond acceptors (Lipinski definition) is 2. The minimum atomic E-state index is -0.402. The molecular weight excluding hydrogens is 276 g/mol. The molecule has 110 valence electrons. The second-order valence-corrected chi connectivity index (χ2v) is 7.04. The van der Waals surface area contributed by atoms with Gasteiger partial charge in [0.15, 0.2) is 0 Å².